The highest BCUT2D eigenvalue weighted by Crippen LogP contribution is 2.26. The summed E-state index contributed by atoms with van der Waals surface area (Å²) in [6.07, 6.45) is 7.61. The zero-order chi connectivity index (χ0) is 17.2. The summed E-state index contributed by atoms with van der Waals surface area (Å²) in [4.78, 5) is 14.7. The summed E-state index contributed by atoms with van der Waals surface area (Å²) in [5.74, 6) is 0.174. The summed E-state index contributed by atoms with van der Waals surface area (Å²) in [6, 6.07) is 7.34. The molecule has 0 aromatic heterocycles. The summed E-state index contributed by atoms with van der Waals surface area (Å²) < 4.78 is 25.6. The lowest BCUT2D eigenvalue weighted by atomic mass is 10.1. The summed E-state index contributed by atoms with van der Waals surface area (Å²) in [7, 11) is -1.35. The second-order valence-corrected chi connectivity index (χ2v) is 8.87. The molecule has 1 aliphatic heterocycles. The van der Waals surface area contributed by atoms with Crippen molar-refractivity contribution >= 4 is 21.6 Å². The minimum absolute atomic E-state index is 0.0136. The van der Waals surface area contributed by atoms with E-state index >= 15 is 0 Å². The van der Waals surface area contributed by atoms with Crippen molar-refractivity contribution in [2.24, 2.45) is 0 Å². The van der Waals surface area contributed by atoms with Gasteiger partial charge in [0, 0.05) is 25.2 Å². The third-order valence-corrected chi connectivity index (χ3v) is 7.04. The van der Waals surface area contributed by atoms with E-state index in [9.17, 15) is 13.2 Å². The first-order valence-corrected chi connectivity index (χ1v) is 10.5. The molecule has 1 aromatic carbocycles. The molecule has 3 rings (SSSR count). The highest BCUT2D eigenvalue weighted by molar-refractivity contribution is 7.93. The molecule has 132 valence electrons. The van der Waals surface area contributed by atoms with Gasteiger partial charge in [0.2, 0.25) is 10.0 Å². The zero-order valence-electron chi connectivity index (χ0n) is 14.3. The van der Waals surface area contributed by atoms with Gasteiger partial charge in [-0.25, -0.2) is 8.42 Å². The van der Waals surface area contributed by atoms with Gasteiger partial charge < -0.3 is 4.90 Å². The van der Waals surface area contributed by atoms with Crippen LogP contribution in [0.15, 0.2) is 24.3 Å². The van der Waals surface area contributed by atoms with Crippen LogP contribution < -0.4 is 4.31 Å². The highest BCUT2D eigenvalue weighted by atomic mass is 32.2. The van der Waals surface area contributed by atoms with Gasteiger partial charge in [0.25, 0.3) is 5.91 Å². The third-order valence-electron chi connectivity index (χ3n) is 5.17. The van der Waals surface area contributed by atoms with E-state index in [0.29, 0.717) is 30.3 Å². The smallest absolute Gasteiger partial charge is 0.253 e. The van der Waals surface area contributed by atoms with E-state index in [4.69, 9.17) is 0 Å². The lowest BCUT2D eigenvalue weighted by molar-refractivity contribution is 0.0717. The molecule has 0 spiro atoms. The highest BCUT2D eigenvalue weighted by Gasteiger charge is 2.29. The van der Waals surface area contributed by atoms with Crippen LogP contribution in [0.4, 0.5) is 5.69 Å². The average molecular weight is 350 g/mol. The lowest BCUT2D eigenvalue weighted by Crippen LogP contribution is -2.36. The molecule has 2 fully saturated rings. The zero-order valence-corrected chi connectivity index (χ0v) is 15.1. The Morgan fingerprint density at radius 1 is 1.12 bits per heavy atom. The van der Waals surface area contributed by atoms with Crippen molar-refractivity contribution in [2.45, 2.75) is 51.0 Å². The molecule has 1 amide bonds. The van der Waals surface area contributed by atoms with Crippen LogP contribution in [0.5, 0.6) is 0 Å². The van der Waals surface area contributed by atoms with E-state index in [1.165, 1.54) is 30.0 Å². The van der Waals surface area contributed by atoms with E-state index in [0.717, 1.165) is 12.8 Å². The van der Waals surface area contributed by atoms with Crippen LogP contribution >= 0.6 is 0 Å². The van der Waals surface area contributed by atoms with Crippen molar-refractivity contribution < 1.29 is 13.2 Å². The number of nitrogens with zero attached hydrogens (tertiary/aromatic N) is 2. The summed E-state index contributed by atoms with van der Waals surface area (Å²) in [5.41, 5.74) is 1.17. The molecule has 1 saturated heterocycles. The lowest BCUT2D eigenvalue weighted by Gasteiger charge is -2.27. The number of rotatable bonds is 3. The van der Waals surface area contributed by atoms with Gasteiger partial charge in [-0.1, -0.05) is 31.7 Å². The van der Waals surface area contributed by atoms with Crippen molar-refractivity contribution in [2.75, 3.05) is 23.7 Å². The predicted molar refractivity (Wildman–Crippen MR) is 95.8 cm³/mol. The van der Waals surface area contributed by atoms with Gasteiger partial charge in [0.15, 0.2) is 0 Å². The second kappa shape index (κ2) is 7.13. The quantitative estimate of drug-likeness (QED) is 0.788. The number of sulfonamides is 1. The number of hydrogen-bond acceptors (Lipinski definition) is 3. The van der Waals surface area contributed by atoms with E-state index < -0.39 is 10.0 Å². The maximum absolute atomic E-state index is 12.8. The Balaban J connectivity index is 1.79. The number of hydrogen-bond donors (Lipinski definition) is 0. The van der Waals surface area contributed by atoms with Crippen LogP contribution in [0.2, 0.25) is 0 Å². The van der Waals surface area contributed by atoms with Crippen molar-refractivity contribution in [3.8, 4) is 0 Å². The Labute approximate surface area is 144 Å². The molecule has 1 saturated carbocycles. The summed E-state index contributed by atoms with van der Waals surface area (Å²) in [6.45, 7) is 0.498. The molecule has 5 nitrogen and oxygen atoms in total. The molecule has 0 unspecified atom stereocenters. The fourth-order valence-corrected chi connectivity index (χ4v) is 5.29. The van der Waals surface area contributed by atoms with Crippen molar-refractivity contribution in [1.29, 1.82) is 0 Å². The fraction of sp³-hybridized carbons (Fsp3) is 0.611. The first-order chi connectivity index (χ1) is 11.5. The van der Waals surface area contributed by atoms with Gasteiger partial charge in [0.05, 0.1) is 11.4 Å². The molecule has 1 heterocycles. The van der Waals surface area contributed by atoms with Crippen LogP contribution in [0, 0.1) is 0 Å². The van der Waals surface area contributed by atoms with Crippen molar-refractivity contribution in [1.82, 2.24) is 4.90 Å². The molecule has 1 aliphatic carbocycles. The molecule has 2 aliphatic rings. The van der Waals surface area contributed by atoms with Gasteiger partial charge in [-0.2, -0.15) is 0 Å². The Morgan fingerprint density at radius 3 is 2.46 bits per heavy atom. The largest absolute Gasteiger partial charge is 0.339 e. The summed E-state index contributed by atoms with van der Waals surface area (Å²) >= 11 is 0. The van der Waals surface area contributed by atoms with Gasteiger partial charge >= 0.3 is 0 Å². The van der Waals surface area contributed by atoms with E-state index in [1.54, 1.807) is 24.3 Å². The Hall–Kier alpha value is -1.56. The topological polar surface area (TPSA) is 57.7 Å². The average Bonchev–Trinajstić information content (AvgIpc) is 2.78. The number of amides is 1. The Bertz CT molecular complexity index is 694. The molecule has 6 heteroatoms. The molecule has 0 atom stereocenters. The van der Waals surface area contributed by atoms with Crippen LogP contribution in [0.3, 0.4) is 0 Å². The van der Waals surface area contributed by atoms with Gasteiger partial charge in [-0.15, -0.1) is 0 Å². The molecule has 24 heavy (non-hydrogen) atoms. The van der Waals surface area contributed by atoms with Crippen LogP contribution in [-0.2, 0) is 10.0 Å². The predicted octanol–water partition coefficient (Wildman–Crippen LogP) is 3.02. The first kappa shape index (κ1) is 17.3. The van der Waals surface area contributed by atoms with Crippen molar-refractivity contribution in [3.63, 3.8) is 0 Å². The first-order valence-electron chi connectivity index (χ1n) is 8.87. The van der Waals surface area contributed by atoms with Crippen LogP contribution in [-0.4, -0.2) is 44.6 Å². The molecule has 0 N–H and O–H groups in total. The maximum Gasteiger partial charge on any atom is 0.253 e. The van der Waals surface area contributed by atoms with Gasteiger partial charge in [-0.05, 0) is 37.5 Å². The van der Waals surface area contributed by atoms with Gasteiger partial charge in [0.1, 0.15) is 0 Å². The van der Waals surface area contributed by atoms with Crippen LogP contribution in [0.25, 0.3) is 0 Å². The summed E-state index contributed by atoms with van der Waals surface area (Å²) in [5, 5.41) is 0. The van der Waals surface area contributed by atoms with Crippen LogP contribution in [0.1, 0.15) is 55.3 Å². The molecule has 0 radical (unpaired) electrons. The third kappa shape index (κ3) is 3.58. The molecule has 1 aromatic rings. The van der Waals surface area contributed by atoms with E-state index in [-0.39, 0.29) is 11.7 Å². The monoisotopic (exact) mass is 350 g/mol. The van der Waals surface area contributed by atoms with E-state index in [2.05, 4.69) is 0 Å². The second-order valence-electron chi connectivity index (χ2n) is 6.85. The minimum atomic E-state index is -3.22. The maximum atomic E-state index is 12.8. The van der Waals surface area contributed by atoms with E-state index in [1.807, 2.05) is 11.9 Å². The number of benzene rings is 1. The standard InChI is InChI=1S/C18H26N2O3S/c1-19(16-9-4-2-3-5-10-16)18(21)15-8-6-11-17(14-15)20-12-7-13-24(20,22)23/h6,8,11,14,16H,2-5,7,9-10,12-13H2,1H3. The van der Waals surface area contributed by atoms with Crippen molar-refractivity contribution in [3.05, 3.63) is 29.8 Å². The Kier molecular flexibility index (Phi) is 5.13. The minimum Gasteiger partial charge on any atom is -0.339 e. The SMILES string of the molecule is CN(C(=O)c1cccc(N2CCCS2(=O)=O)c1)C1CCCCCC1. The number of carbonyl (C=O) groups excluding carboxylic acids is 1. The molecule has 0 bridgehead atoms. The van der Waals surface area contributed by atoms with Gasteiger partial charge in [-0.3, -0.25) is 9.10 Å². The molecular weight excluding hydrogens is 324 g/mol. The Morgan fingerprint density at radius 2 is 1.83 bits per heavy atom. The fourth-order valence-electron chi connectivity index (χ4n) is 3.74. The number of carbonyl (C=O) groups is 1. The molecular formula is C18H26N2O3S. The number of anilines is 1. The normalized spacial score (nSPS) is 21.5.